The fourth-order valence-electron chi connectivity index (χ4n) is 2.73. The maximum atomic E-state index is 12.6. The lowest BCUT2D eigenvalue weighted by Crippen LogP contribution is -2.63. The molecule has 6 heteroatoms. The largest absolute Gasteiger partial charge is 0.539 e. The average molecular weight is 343 g/mol. The molecule has 0 unspecified atom stereocenters. The monoisotopic (exact) mass is 343 g/mol. The molecule has 0 aliphatic carbocycles. The van der Waals surface area contributed by atoms with Gasteiger partial charge in [0.25, 0.3) is 5.91 Å². The third kappa shape index (κ3) is 4.81. The van der Waals surface area contributed by atoms with E-state index in [9.17, 15) is 19.8 Å². The highest BCUT2D eigenvalue weighted by Crippen LogP contribution is 2.19. The van der Waals surface area contributed by atoms with Crippen LogP contribution in [-0.4, -0.2) is 33.4 Å². The number of amides is 2. The zero-order valence-electron chi connectivity index (χ0n) is 14.3. The maximum absolute atomic E-state index is 12.6. The van der Waals surface area contributed by atoms with E-state index in [1.807, 2.05) is 13.8 Å². The molecule has 0 radical (unpaired) electrons. The van der Waals surface area contributed by atoms with Gasteiger partial charge in [0.15, 0.2) is 0 Å². The van der Waals surface area contributed by atoms with Crippen molar-refractivity contribution in [2.75, 3.05) is 6.54 Å². The number of hydrogen-bond donors (Lipinski definition) is 3. The molecule has 25 heavy (non-hydrogen) atoms. The Labute approximate surface area is 146 Å². The molecule has 2 aromatic carbocycles. The van der Waals surface area contributed by atoms with Crippen molar-refractivity contribution in [1.29, 1.82) is 0 Å². The normalized spacial score (nSPS) is 13.2. The van der Waals surface area contributed by atoms with Gasteiger partial charge in [0.1, 0.15) is 18.8 Å². The van der Waals surface area contributed by atoms with Crippen LogP contribution in [0.1, 0.15) is 29.8 Å². The van der Waals surface area contributed by atoms with Crippen LogP contribution in [0.3, 0.4) is 0 Å². The number of nitrogens with zero attached hydrogens (tertiary/aromatic N) is 1. The molecule has 0 aliphatic heterocycles. The molecule has 0 aromatic heterocycles. The number of phenolic OH excluding ortho intramolecular Hbond substituents is 1. The topological polar surface area (TPSA) is 86.6 Å². The summed E-state index contributed by atoms with van der Waals surface area (Å²) in [6.07, 6.45) is -1.13. The molecule has 0 saturated heterocycles. The van der Waals surface area contributed by atoms with Crippen LogP contribution >= 0.6 is 0 Å². The molecule has 0 aliphatic rings. The molecule has 0 bridgehead atoms. The minimum Gasteiger partial charge on any atom is -0.508 e. The molecular formula is C19H23N2O4+. The van der Waals surface area contributed by atoms with Crippen molar-refractivity contribution in [3.05, 3.63) is 65.7 Å². The highest BCUT2D eigenvalue weighted by Gasteiger charge is 2.41. The first-order chi connectivity index (χ1) is 11.8. The van der Waals surface area contributed by atoms with E-state index in [1.54, 1.807) is 42.5 Å². The number of carbonyl (C=O) groups is 2. The van der Waals surface area contributed by atoms with Crippen LogP contribution in [0.2, 0.25) is 0 Å². The minimum atomic E-state index is -1.13. The van der Waals surface area contributed by atoms with Crippen LogP contribution in [0.5, 0.6) is 5.75 Å². The van der Waals surface area contributed by atoms with Crippen LogP contribution in [0.4, 0.5) is 4.79 Å². The van der Waals surface area contributed by atoms with Gasteiger partial charge in [-0.3, -0.25) is 4.79 Å². The van der Waals surface area contributed by atoms with E-state index in [2.05, 4.69) is 5.43 Å². The first-order valence-electron chi connectivity index (χ1n) is 8.08. The van der Waals surface area contributed by atoms with Crippen molar-refractivity contribution in [2.45, 2.75) is 20.4 Å². The van der Waals surface area contributed by atoms with E-state index in [4.69, 9.17) is 0 Å². The molecule has 2 amide bonds. The first-order valence-corrected chi connectivity index (χ1v) is 8.08. The zero-order chi connectivity index (χ0) is 18.4. The summed E-state index contributed by atoms with van der Waals surface area (Å²) in [5, 5.41) is 19.3. The van der Waals surface area contributed by atoms with E-state index < -0.39 is 16.6 Å². The summed E-state index contributed by atoms with van der Waals surface area (Å²) in [6.45, 7) is 4.12. The Morgan fingerprint density at radius 3 is 2.16 bits per heavy atom. The molecule has 6 nitrogen and oxygen atoms in total. The van der Waals surface area contributed by atoms with Crippen LogP contribution in [-0.2, 0) is 6.54 Å². The number of benzene rings is 2. The van der Waals surface area contributed by atoms with Crippen molar-refractivity contribution in [2.24, 2.45) is 5.92 Å². The Balaban J connectivity index is 2.34. The van der Waals surface area contributed by atoms with Gasteiger partial charge in [-0.1, -0.05) is 32.0 Å². The number of hydrogen-bond acceptors (Lipinski definition) is 3. The second-order valence-corrected chi connectivity index (χ2v) is 6.46. The predicted molar refractivity (Wildman–Crippen MR) is 93.7 cm³/mol. The molecule has 0 saturated carbocycles. The summed E-state index contributed by atoms with van der Waals surface area (Å²) in [6, 6.07) is 14.8. The molecule has 0 heterocycles. The summed E-state index contributed by atoms with van der Waals surface area (Å²) in [7, 11) is 0. The van der Waals surface area contributed by atoms with Gasteiger partial charge in [0.2, 0.25) is 0 Å². The Kier molecular flexibility index (Phi) is 5.77. The van der Waals surface area contributed by atoms with Gasteiger partial charge in [0.05, 0.1) is 0 Å². The lowest BCUT2D eigenvalue weighted by Gasteiger charge is -2.33. The smallest absolute Gasteiger partial charge is 0.508 e. The Bertz CT molecular complexity index is 729. The van der Waals surface area contributed by atoms with E-state index in [1.165, 1.54) is 12.1 Å². The van der Waals surface area contributed by atoms with E-state index in [0.717, 1.165) is 0 Å². The van der Waals surface area contributed by atoms with E-state index in [-0.39, 0.29) is 24.8 Å². The summed E-state index contributed by atoms with van der Waals surface area (Å²) >= 11 is 0. The number of carboxylic acid groups (broad SMARTS) is 1. The Morgan fingerprint density at radius 1 is 1.04 bits per heavy atom. The quantitative estimate of drug-likeness (QED) is 0.574. The number of rotatable bonds is 5. The zero-order valence-corrected chi connectivity index (χ0v) is 14.3. The van der Waals surface area contributed by atoms with Gasteiger partial charge >= 0.3 is 6.09 Å². The first kappa shape index (κ1) is 18.5. The third-order valence-electron chi connectivity index (χ3n) is 3.78. The van der Waals surface area contributed by atoms with Crippen molar-refractivity contribution < 1.29 is 24.4 Å². The SMILES string of the molecule is CC(C)C[N@@+](Cc1ccc(O)cc1)(NC(=O)c1ccccc1)C(=O)O. The number of carbonyl (C=O) groups excluding carboxylic acids is 1. The molecule has 0 spiro atoms. The van der Waals surface area contributed by atoms with Gasteiger partial charge in [-0.2, -0.15) is 10.2 Å². The van der Waals surface area contributed by atoms with Crippen LogP contribution < -0.4 is 5.43 Å². The molecule has 2 rings (SSSR count). The van der Waals surface area contributed by atoms with Gasteiger partial charge < -0.3 is 10.2 Å². The van der Waals surface area contributed by atoms with Crippen molar-refractivity contribution in [1.82, 2.24) is 5.43 Å². The predicted octanol–water partition coefficient (Wildman–Crippen LogP) is 3.39. The Hall–Kier alpha value is -2.86. The highest BCUT2D eigenvalue weighted by atomic mass is 16.4. The van der Waals surface area contributed by atoms with Gasteiger partial charge in [-0.05, 0) is 36.4 Å². The van der Waals surface area contributed by atoms with E-state index in [0.29, 0.717) is 11.1 Å². The van der Waals surface area contributed by atoms with Crippen molar-refractivity contribution in [3.8, 4) is 5.75 Å². The number of phenols is 1. The highest BCUT2D eigenvalue weighted by molar-refractivity contribution is 5.93. The lowest BCUT2D eigenvalue weighted by molar-refractivity contribution is -0.907. The standard InChI is InChI=1S/C19H22N2O4/c1-14(2)12-21(19(24)25,13-15-8-10-17(22)11-9-15)20-18(23)16-6-4-3-5-7-16/h3-11,14H,12-13H2,1-2H3,(H2-,20,22,23,24,25)/p+1/t21-/m0/s1. The molecule has 2 aromatic rings. The number of quaternary nitrogens is 1. The fourth-order valence-corrected chi connectivity index (χ4v) is 2.73. The fraction of sp³-hybridized carbons (Fsp3) is 0.263. The molecule has 3 N–H and O–H groups in total. The average Bonchev–Trinajstić information content (AvgIpc) is 2.57. The van der Waals surface area contributed by atoms with Crippen molar-refractivity contribution >= 4 is 12.0 Å². The van der Waals surface area contributed by atoms with Crippen LogP contribution in [0, 0.1) is 5.92 Å². The van der Waals surface area contributed by atoms with Gasteiger partial charge in [0, 0.05) is 17.0 Å². The molecular weight excluding hydrogens is 320 g/mol. The number of aromatic hydroxyl groups is 1. The van der Waals surface area contributed by atoms with Gasteiger partial charge in [-0.15, -0.1) is 4.59 Å². The Morgan fingerprint density at radius 2 is 1.64 bits per heavy atom. The second-order valence-electron chi connectivity index (χ2n) is 6.46. The van der Waals surface area contributed by atoms with E-state index >= 15 is 0 Å². The third-order valence-corrected chi connectivity index (χ3v) is 3.78. The van der Waals surface area contributed by atoms with Crippen molar-refractivity contribution in [3.63, 3.8) is 0 Å². The minimum absolute atomic E-state index is 0.0456. The maximum Gasteiger partial charge on any atom is 0.539 e. The molecule has 1 atom stereocenters. The van der Waals surface area contributed by atoms with Crippen LogP contribution in [0.25, 0.3) is 0 Å². The summed E-state index contributed by atoms with van der Waals surface area (Å²) in [4.78, 5) is 24.7. The molecule has 132 valence electrons. The second kappa shape index (κ2) is 7.81. The lowest BCUT2D eigenvalue weighted by atomic mass is 10.1. The molecule has 0 fully saturated rings. The summed E-state index contributed by atoms with van der Waals surface area (Å²) in [5.74, 6) is -0.291. The summed E-state index contributed by atoms with van der Waals surface area (Å²) in [5.41, 5.74) is 3.78. The van der Waals surface area contributed by atoms with Crippen LogP contribution in [0.15, 0.2) is 54.6 Å². The summed E-state index contributed by atoms with van der Waals surface area (Å²) < 4.78 is -0.615. The number of nitrogens with one attached hydrogen (secondary N) is 1. The van der Waals surface area contributed by atoms with Gasteiger partial charge in [-0.25, -0.2) is 0 Å².